The van der Waals surface area contributed by atoms with E-state index in [9.17, 15) is 0 Å². The van der Waals surface area contributed by atoms with Crippen molar-refractivity contribution in [3.05, 3.63) is 48.6 Å². The van der Waals surface area contributed by atoms with Crippen molar-refractivity contribution in [1.82, 2.24) is 0 Å². The number of rotatable bonds is 4. The monoisotopic (exact) mass is 162 g/mol. The van der Waals surface area contributed by atoms with E-state index in [0.29, 0.717) is 5.92 Å². The average Bonchev–Trinajstić information content (AvgIpc) is 2.04. The van der Waals surface area contributed by atoms with Crippen molar-refractivity contribution in [3.63, 3.8) is 0 Å². The van der Waals surface area contributed by atoms with E-state index < -0.39 is 0 Å². The van der Waals surface area contributed by atoms with Gasteiger partial charge in [-0.25, -0.2) is 0 Å². The van der Waals surface area contributed by atoms with Crippen LogP contribution in [-0.4, -0.2) is 0 Å². The van der Waals surface area contributed by atoms with Crippen molar-refractivity contribution in [3.8, 4) is 0 Å². The van der Waals surface area contributed by atoms with E-state index in [1.807, 2.05) is 19.1 Å². The second-order valence-electron chi connectivity index (χ2n) is 3.15. The van der Waals surface area contributed by atoms with Gasteiger partial charge in [0, 0.05) is 0 Å². The summed E-state index contributed by atoms with van der Waals surface area (Å²) in [7, 11) is 0. The van der Waals surface area contributed by atoms with Crippen LogP contribution in [0, 0.1) is 5.92 Å². The summed E-state index contributed by atoms with van der Waals surface area (Å²) in [6, 6.07) is 0. The van der Waals surface area contributed by atoms with E-state index in [2.05, 4.69) is 39.2 Å². The van der Waals surface area contributed by atoms with Gasteiger partial charge in [-0.3, -0.25) is 0 Å². The second-order valence-corrected chi connectivity index (χ2v) is 3.15. The highest BCUT2D eigenvalue weighted by Crippen LogP contribution is 2.09. The lowest BCUT2D eigenvalue weighted by Gasteiger charge is -1.99. The van der Waals surface area contributed by atoms with Crippen molar-refractivity contribution in [2.45, 2.75) is 20.8 Å². The van der Waals surface area contributed by atoms with Crippen molar-refractivity contribution in [2.24, 2.45) is 5.92 Å². The van der Waals surface area contributed by atoms with Gasteiger partial charge in [-0.05, 0) is 24.0 Å². The molecule has 0 rings (SSSR count). The van der Waals surface area contributed by atoms with Crippen LogP contribution in [0.1, 0.15) is 20.8 Å². The molecule has 0 aromatic heterocycles. The van der Waals surface area contributed by atoms with Gasteiger partial charge in [-0.1, -0.05) is 51.3 Å². The van der Waals surface area contributed by atoms with Crippen molar-refractivity contribution < 1.29 is 0 Å². The van der Waals surface area contributed by atoms with Crippen LogP contribution in [0.15, 0.2) is 48.6 Å². The summed E-state index contributed by atoms with van der Waals surface area (Å²) in [5, 5.41) is 0. The normalized spacial score (nSPS) is 13.3. The van der Waals surface area contributed by atoms with Gasteiger partial charge in [0.15, 0.2) is 0 Å². The minimum atomic E-state index is 0.581. The highest BCUT2D eigenvalue weighted by Gasteiger charge is 1.90. The molecule has 0 amide bonds. The fraction of sp³-hybridized carbons (Fsp3) is 0.333. The molecule has 0 unspecified atom stereocenters. The SMILES string of the molecule is C=C/C(C)=C(C=C)/C=C\C(C)C. The van der Waals surface area contributed by atoms with E-state index in [-0.39, 0.29) is 0 Å². The Hall–Kier alpha value is -1.04. The standard InChI is InChI=1S/C12H18/c1-6-11(5)12(7-2)9-8-10(3)4/h6-10H,1-2H2,3-5H3/b9-8-,12-11+. The van der Waals surface area contributed by atoms with E-state index in [0.717, 1.165) is 5.57 Å². The first-order valence-electron chi connectivity index (χ1n) is 4.25. The molecule has 0 saturated heterocycles. The predicted molar refractivity (Wildman–Crippen MR) is 57.1 cm³/mol. The molecule has 0 aromatic rings. The molecular weight excluding hydrogens is 144 g/mol. The third-order valence-corrected chi connectivity index (χ3v) is 1.64. The largest absolute Gasteiger partial charge is 0.0988 e. The van der Waals surface area contributed by atoms with Gasteiger partial charge >= 0.3 is 0 Å². The van der Waals surface area contributed by atoms with Crippen LogP contribution in [0.2, 0.25) is 0 Å². The van der Waals surface area contributed by atoms with Crippen LogP contribution in [0.5, 0.6) is 0 Å². The Kier molecular flexibility index (Phi) is 5.11. The maximum atomic E-state index is 3.75. The highest BCUT2D eigenvalue weighted by molar-refractivity contribution is 5.38. The van der Waals surface area contributed by atoms with Gasteiger partial charge in [-0.2, -0.15) is 0 Å². The first-order chi connectivity index (χ1) is 5.61. The van der Waals surface area contributed by atoms with Gasteiger partial charge in [0.1, 0.15) is 0 Å². The molecule has 0 nitrogen and oxygen atoms in total. The zero-order valence-corrected chi connectivity index (χ0v) is 8.30. The van der Waals surface area contributed by atoms with Crippen molar-refractivity contribution >= 4 is 0 Å². The molecule has 0 aromatic carbocycles. The molecule has 0 bridgehead atoms. The summed E-state index contributed by atoms with van der Waals surface area (Å²) in [5.41, 5.74) is 2.32. The molecule has 0 heterocycles. The van der Waals surface area contributed by atoms with Crippen LogP contribution in [0.4, 0.5) is 0 Å². The van der Waals surface area contributed by atoms with Gasteiger partial charge in [-0.15, -0.1) is 0 Å². The first-order valence-corrected chi connectivity index (χ1v) is 4.25. The quantitative estimate of drug-likeness (QED) is 0.550. The van der Waals surface area contributed by atoms with Crippen LogP contribution in [0.25, 0.3) is 0 Å². The maximum absolute atomic E-state index is 3.75. The summed E-state index contributed by atoms with van der Waals surface area (Å²) in [6.07, 6.45) is 7.95. The first kappa shape index (κ1) is 11.0. The minimum absolute atomic E-state index is 0.581. The van der Waals surface area contributed by atoms with Crippen molar-refractivity contribution in [2.75, 3.05) is 0 Å². The van der Waals surface area contributed by atoms with E-state index in [1.165, 1.54) is 5.57 Å². The van der Waals surface area contributed by atoms with Crippen LogP contribution in [-0.2, 0) is 0 Å². The van der Waals surface area contributed by atoms with Gasteiger partial charge in [0.05, 0.1) is 0 Å². The topological polar surface area (TPSA) is 0 Å². The fourth-order valence-electron chi connectivity index (χ4n) is 0.774. The highest BCUT2D eigenvalue weighted by atomic mass is 14.0. The van der Waals surface area contributed by atoms with Gasteiger partial charge in [0.25, 0.3) is 0 Å². The third-order valence-electron chi connectivity index (χ3n) is 1.64. The maximum Gasteiger partial charge on any atom is -0.0237 e. The Balaban J connectivity index is 4.58. The van der Waals surface area contributed by atoms with Gasteiger partial charge < -0.3 is 0 Å². The lowest BCUT2D eigenvalue weighted by atomic mass is 10.1. The number of hydrogen-bond donors (Lipinski definition) is 0. The molecule has 0 aliphatic rings. The predicted octanol–water partition coefficient (Wildman–Crippen LogP) is 3.89. The summed E-state index contributed by atoms with van der Waals surface area (Å²) in [5.74, 6) is 0.581. The number of allylic oxidation sites excluding steroid dienone is 6. The van der Waals surface area contributed by atoms with Gasteiger partial charge in [0.2, 0.25) is 0 Å². The molecule has 0 radical (unpaired) electrons. The fourth-order valence-corrected chi connectivity index (χ4v) is 0.774. The lowest BCUT2D eigenvalue weighted by molar-refractivity contribution is 0.831. The molecule has 0 spiro atoms. The summed E-state index contributed by atoms with van der Waals surface area (Å²) in [4.78, 5) is 0. The summed E-state index contributed by atoms with van der Waals surface area (Å²) < 4.78 is 0. The van der Waals surface area contributed by atoms with Crippen LogP contribution >= 0.6 is 0 Å². The molecule has 0 heteroatoms. The molecule has 0 N–H and O–H groups in total. The molecule has 0 saturated carbocycles. The Morgan fingerprint density at radius 3 is 2.08 bits per heavy atom. The van der Waals surface area contributed by atoms with Crippen LogP contribution in [0.3, 0.4) is 0 Å². The summed E-state index contributed by atoms with van der Waals surface area (Å²) in [6.45, 7) is 13.8. The lowest BCUT2D eigenvalue weighted by Crippen LogP contribution is -1.81. The van der Waals surface area contributed by atoms with E-state index in [4.69, 9.17) is 0 Å². The molecule has 0 aliphatic carbocycles. The molecule has 66 valence electrons. The molecular formula is C12H18. The minimum Gasteiger partial charge on any atom is -0.0988 e. The Labute approximate surface area is 76.0 Å². The average molecular weight is 162 g/mol. The Morgan fingerprint density at radius 2 is 1.75 bits per heavy atom. The smallest absolute Gasteiger partial charge is 0.0237 e. The second kappa shape index (κ2) is 5.59. The summed E-state index contributed by atoms with van der Waals surface area (Å²) >= 11 is 0. The van der Waals surface area contributed by atoms with Crippen LogP contribution < -0.4 is 0 Å². The van der Waals surface area contributed by atoms with E-state index in [1.54, 1.807) is 0 Å². The zero-order valence-electron chi connectivity index (χ0n) is 8.30. The third kappa shape index (κ3) is 3.97. The molecule has 0 fully saturated rings. The van der Waals surface area contributed by atoms with Crippen molar-refractivity contribution in [1.29, 1.82) is 0 Å². The number of hydrogen-bond acceptors (Lipinski definition) is 0. The molecule has 0 atom stereocenters. The Bertz CT molecular complexity index is 214. The zero-order chi connectivity index (χ0) is 9.56. The Morgan fingerprint density at radius 1 is 1.17 bits per heavy atom. The molecule has 12 heavy (non-hydrogen) atoms. The van der Waals surface area contributed by atoms with E-state index >= 15 is 0 Å². The molecule has 0 aliphatic heterocycles.